The zero-order chi connectivity index (χ0) is 35.2. The molecule has 4 aromatic carbocycles. The minimum Gasteiger partial charge on any atom is -0.492 e. The van der Waals surface area contributed by atoms with E-state index < -0.39 is 34.5 Å². The van der Waals surface area contributed by atoms with E-state index in [0.717, 1.165) is 32.0 Å². The van der Waals surface area contributed by atoms with Crippen LogP contribution in [0.25, 0.3) is 20.9 Å². The highest BCUT2D eigenvalue weighted by Crippen LogP contribution is 2.34. The summed E-state index contributed by atoms with van der Waals surface area (Å²) in [6, 6.07) is 39.3. The van der Waals surface area contributed by atoms with Crippen molar-refractivity contribution in [2.24, 2.45) is 0 Å². The Balaban J connectivity index is 1.30. The third kappa shape index (κ3) is 8.10. The minimum atomic E-state index is -4.41. The Morgan fingerprint density at radius 2 is 0.980 bits per heavy atom. The average molecular weight is 739 g/mol. The third-order valence-electron chi connectivity index (χ3n) is 8.94. The fraction of sp³-hybridized carbons (Fsp3) is 0.200. The number of aliphatic hydroxyl groups is 2. The molecular weight excluding hydrogens is 701 g/mol. The maximum Gasteiger partial charge on any atom is 0.283 e. The maximum atomic E-state index is 15.2. The van der Waals surface area contributed by atoms with E-state index in [0.29, 0.717) is 11.5 Å². The van der Waals surface area contributed by atoms with E-state index in [2.05, 4.69) is 0 Å². The first kappa shape index (κ1) is 35.1. The first-order valence-electron chi connectivity index (χ1n) is 16.6. The number of rotatable bonds is 12. The zero-order valence-corrected chi connectivity index (χ0v) is 30.1. The number of hydrogen-bond acceptors (Lipinski definition) is 8. The van der Waals surface area contributed by atoms with E-state index >= 15 is 8.42 Å². The van der Waals surface area contributed by atoms with Crippen LogP contribution in [0.5, 0.6) is 11.5 Å². The van der Waals surface area contributed by atoms with Crippen LogP contribution in [-0.2, 0) is 23.3 Å². The summed E-state index contributed by atoms with van der Waals surface area (Å²) in [5, 5.41) is 28.0. The predicted octanol–water partition coefficient (Wildman–Crippen LogP) is 7.32. The molecule has 262 valence electrons. The summed E-state index contributed by atoms with van der Waals surface area (Å²) >= 11 is 3.20. The van der Waals surface area contributed by atoms with Gasteiger partial charge in [-0.25, -0.2) is 0 Å². The van der Waals surface area contributed by atoms with Crippen molar-refractivity contribution in [3.8, 4) is 32.4 Å². The molecule has 0 amide bonds. The van der Waals surface area contributed by atoms with Gasteiger partial charge in [0.05, 0.1) is 12.1 Å². The summed E-state index contributed by atoms with van der Waals surface area (Å²) in [5.41, 5.74) is 3.39. The predicted molar refractivity (Wildman–Crippen MR) is 203 cm³/mol. The summed E-state index contributed by atoms with van der Waals surface area (Å²) in [6.07, 6.45) is -3.04. The molecule has 2 N–H and O–H groups in total. The third-order valence-corrected chi connectivity index (χ3v) is 12.8. The van der Waals surface area contributed by atoms with Gasteiger partial charge in [-0.05, 0) is 81.5 Å². The second kappa shape index (κ2) is 15.9. The number of aliphatic hydroxyl groups excluding tert-OH is 2. The topological polar surface area (TPSA) is 99.5 Å². The number of thiophene rings is 2. The number of benzene rings is 4. The van der Waals surface area contributed by atoms with Crippen LogP contribution in [0.3, 0.4) is 0 Å². The summed E-state index contributed by atoms with van der Waals surface area (Å²) in [4.78, 5) is 2.11. The SMILES string of the molecule is O=S1(=O)N(Cc2cccc(-c3cccs3)c2)C(COc2ccccc2)C(O)[C@H](O)[C@H](COc2ccccc2)N1Cc1cccc(-c2cccs2)c1. The second-order valence-corrected chi connectivity index (χ2v) is 16.0. The first-order valence-corrected chi connectivity index (χ1v) is 19.8. The van der Waals surface area contributed by atoms with Crippen LogP contribution in [0.15, 0.2) is 144 Å². The first-order chi connectivity index (χ1) is 24.9. The van der Waals surface area contributed by atoms with Gasteiger partial charge in [0.2, 0.25) is 0 Å². The van der Waals surface area contributed by atoms with Gasteiger partial charge in [-0.2, -0.15) is 17.0 Å². The van der Waals surface area contributed by atoms with Gasteiger partial charge in [0, 0.05) is 22.8 Å². The molecular formula is C40H38N2O6S3. The van der Waals surface area contributed by atoms with Crippen molar-refractivity contribution in [2.45, 2.75) is 37.4 Å². The lowest BCUT2D eigenvalue weighted by Crippen LogP contribution is -2.52. The fourth-order valence-corrected chi connectivity index (χ4v) is 9.72. The quantitative estimate of drug-likeness (QED) is 0.137. The average Bonchev–Trinajstić information content (AvgIpc) is 3.90. The van der Waals surface area contributed by atoms with Crippen LogP contribution < -0.4 is 9.47 Å². The van der Waals surface area contributed by atoms with Crippen molar-refractivity contribution in [1.29, 1.82) is 0 Å². The van der Waals surface area contributed by atoms with Crippen molar-refractivity contribution in [3.63, 3.8) is 0 Å². The van der Waals surface area contributed by atoms with E-state index in [-0.39, 0.29) is 26.3 Å². The highest BCUT2D eigenvalue weighted by atomic mass is 32.2. The number of para-hydroxylation sites is 2. The molecule has 7 rings (SSSR count). The smallest absolute Gasteiger partial charge is 0.283 e. The normalized spacial score (nSPS) is 20.8. The van der Waals surface area contributed by atoms with Gasteiger partial charge in [-0.1, -0.05) is 84.9 Å². The van der Waals surface area contributed by atoms with Gasteiger partial charge in [-0.3, -0.25) is 0 Å². The minimum absolute atomic E-state index is 0.0634. The Hall–Kier alpha value is -4.33. The highest BCUT2D eigenvalue weighted by Gasteiger charge is 2.51. The van der Waals surface area contributed by atoms with Gasteiger partial charge in [0.25, 0.3) is 10.2 Å². The molecule has 51 heavy (non-hydrogen) atoms. The van der Waals surface area contributed by atoms with Crippen molar-refractivity contribution < 1.29 is 28.1 Å². The van der Waals surface area contributed by atoms with Crippen LogP contribution in [0.4, 0.5) is 0 Å². The van der Waals surface area contributed by atoms with Gasteiger partial charge >= 0.3 is 0 Å². The molecule has 6 aromatic rings. The molecule has 0 bridgehead atoms. The summed E-state index contributed by atoms with van der Waals surface area (Å²) in [7, 11) is -4.41. The molecule has 3 heterocycles. The lowest BCUT2D eigenvalue weighted by atomic mass is 9.98. The van der Waals surface area contributed by atoms with E-state index in [9.17, 15) is 10.2 Å². The summed E-state index contributed by atoms with van der Waals surface area (Å²) < 4.78 is 45.2. The molecule has 1 saturated heterocycles. The molecule has 1 aliphatic rings. The molecule has 0 aliphatic carbocycles. The van der Waals surface area contributed by atoms with E-state index in [1.165, 1.54) is 8.61 Å². The van der Waals surface area contributed by atoms with Crippen LogP contribution in [0, 0.1) is 0 Å². The summed E-state index contributed by atoms with van der Waals surface area (Å²) in [6.45, 7) is -0.515. The molecule has 1 aliphatic heterocycles. The Bertz CT molecular complexity index is 1950. The van der Waals surface area contributed by atoms with Crippen LogP contribution in [0.1, 0.15) is 11.1 Å². The molecule has 0 spiro atoms. The number of hydrogen-bond donors (Lipinski definition) is 2. The monoisotopic (exact) mass is 738 g/mol. The fourth-order valence-electron chi connectivity index (χ4n) is 6.32. The van der Waals surface area contributed by atoms with Gasteiger partial charge in [0.1, 0.15) is 36.9 Å². The standard InChI is InChI=1S/C40H38N2O6S3/c43-39-35(27-47-33-15-3-1-4-16-33)41(25-29-11-7-13-31(23-29)37-19-9-21-49-37)51(45,46)42(36(40(39)44)28-48-34-17-5-2-6-18-34)26-30-12-8-14-32(24-30)38-20-10-22-50-38/h1-24,35-36,39-40,43-44H,25-28H2/t35-,36?,39+,40?/m0/s1. The molecule has 8 nitrogen and oxygen atoms in total. The lowest BCUT2D eigenvalue weighted by molar-refractivity contribution is -0.0565. The summed E-state index contributed by atoms with van der Waals surface area (Å²) in [5.74, 6) is 1.04. The Morgan fingerprint density at radius 3 is 1.37 bits per heavy atom. The van der Waals surface area contributed by atoms with E-state index in [1.54, 1.807) is 46.9 Å². The molecule has 11 heteroatoms. The second-order valence-electron chi connectivity index (χ2n) is 12.3. The largest absolute Gasteiger partial charge is 0.492 e. The maximum absolute atomic E-state index is 15.2. The molecule has 2 unspecified atom stereocenters. The lowest BCUT2D eigenvalue weighted by Gasteiger charge is -2.34. The Morgan fingerprint density at radius 1 is 0.549 bits per heavy atom. The molecule has 2 aromatic heterocycles. The van der Waals surface area contributed by atoms with Gasteiger partial charge < -0.3 is 19.7 Å². The molecule has 0 radical (unpaired) electrons. The van der Waals surface area contributed by atoms with Crippen molar-refractivity contribution in [1.82, 2.24) is 8.61 Å². The van der Waals surface area contributed by atoms with E-state index in [4.69, 9.17) is 9.47 Å². The Labute approximate surface area is 306 Å². The molecule has 0 saturated carbocycles. The van der Waals surface area contributed by atoms with Gasteiger partial charge in [-0.15, -0.1) is 22.7 Å². The molecule has 1 fully saturated rings. The van der Waals surface area contributed by atoms with Crippen LogP contribution in [0.2, 0.25) is 0 Å². The van der Waals surface area contributed by atoms with Gasteiger partial charge in [0.15, 0.2) is 0 Å². The molecule has 4 atom stereocenters. The number of ether oxygens (including phenoxy) is 2. The zero-order valence-electron chi connectivity index (χ0n) is 27.6. The van der Waals surface area contributed by atoms with E-state index in [1.807, 2.05) is 120 Å². The van der Waals surface area contributed by atoms with Crippen molar-refractivity contribution >= 4 is 32.9 Å². The van der Waals surface area contributed by atoms with Crippen molar-refractivity contribution in [3.05, 3.63) is 155 Å². The Kier molecular flexibility index (Phi) is 11.0. The van der Waals surface area contributed by atoms with Crippen LogP contribution in [-0.4, -0.2) is 64.7 Å². The highest BCUT2D eigenvalue weighted by molar-refractivity contribution is 7.86. The van der Waals surface area contributed by atoms with Crippen LogP contribution >= 0.6 is 22.7 Å². The van der Waals surface area contributed by atoms with Crippen molar-refractivity contribution in [2.75, 3.05) is 13.2 Å². The number of nitrogens with zero attached hydrogens (tertiary/aromatic N) is 2.